The summed E-state index contributed by atoms with van der Waals surface area (Å²) in [6.07, 6.45) is 5.55. The van der Waals surface area contributed by atoms with Gasteiger partial charge in [0.05, 0.1) is 0 Å². The van der Waals surface area contributed by atoms with Crippen LogP contribution in [-0.2, 0) is 0 Å². The smallest absolute Gasteiger partial charge is 0.319 e. The summed E-state index contributed by atoms with van der Waals surface area (Å²) in [6.45, 7) is 2.84. The van der Waals surface area contributed by atoms with Gasteiger partial charge in [-0.25, -0.2) is 4.79 Å². The molecule has 0 aromatic heterocycles. The van der Waals surface area contributed by atoms with Crippen molar-refractivity contribution in [2.75, 3.05) is 25.0 Å². The Morgan fingerprint density at radius 2 is 2.04 bits per heavy atom. The third kappa shape index (κ3) is 6.55. The molecule has 1 heterocycles. The van der Waals surface area contributed by atoms with Crippen molar-refractivity contribution in [3.63, 3.8) is 0 Å². The fraction of sp³-hybridized carbons (Fsp3) is 0.556. The zero-order valence-electron chi connectivity index (χ0n) is 14.3. The number of halogens is 1. The van der Waals surface area contributed by atoms with Gasteiger partial charge < -0.3 is 21.3 Å². The summed E-state index contributed by atoms with van der Waals surface area (Å²) in [5, 5.41) is 12.0. The largest absolute Gasteiger partial charge is 0.352 e. The Labute approximate surface area is 154 Å². The lowest BCUT2D eigenvalue weighted by molar-refractivity contribution is 0.0950. The predicted molar refractivity (Wildman–Crippen MR) is 101 cm³/mol. The number of benzene rings is 1. The normalized spacial score (nSPS) is 19.4. The van der Waals surface area contributed by atoms with E-state index in [9.17, 15) is 9.59 Å². The molecule has 1 aromatic carbocycles. The minimum absolute atomic E-state index is 0. The number of carbonyl (C=O) groups is 2. The highest BCUT2D eigenvalue weighted by atomic mass is 35.5. The van der Waals surface area contributed by atoms with Crippen LogP contribution >= 0.6 is 12.4 Å². The van der Waals surface area contributed by atoms with E-state index in [0.717, 1.165) is 32.4 Å². The number of anilines is 1. The van der Waals surface area contributed by atoms with Crippen molar-refractivity contribution in [3.05, 3.63) is 29.8 Å². The summed E-state index contributed by atoms with van der Waals surface area (Å²) in [5.74, 6) is 0.559. The number of piperidine rings is 1. The highest BCUT2D eigenvalue weighted by Crippen LogP contribution is 2.19. The Morgan fingerprint density at radius 3 is 2.76 bits per heavy atom. The first-order chi connectivity index (χ1) is 11.7. The Hall–Kier alpha value is -1.79. The number of carbonyl (C=O) groups excluding carboxylic acids is 2. The van der Waals surface area contributed by atoms with E-state index >= 15 is 0 Å². The highest BCUT2D eigenvalue weighted by Gasteiger charge is 2.23. The van der Waals surface area contributed by atoms with E-state index in [2.05, 4.69) is 21.3 Å². The standard InChI is InChI=1S/C18H26N4O2.ClH/c23-17(20-10-8-13-3-2-9-19-12-13)14-4-1-5-16(11-14)22-18(24)21-15-6-7-15;/h1,4-5,11,13,15,19H,2-3,6-10,12H2,(H,20,23)(H2,21,22,24);1H. The van der Waals surface area contributed by atoms with Crippen LogP contribution in [0.25, 0.3) is 0 Å². The van der Waals surface area contributed by atoms with Gasteiger partial charge in [0.1, 0.15) is 0 Å². The molecule has 0 spiro atoms. The van der Waals surface area contributed by atoms with Gasteiger partial charge in [-0.15, -0.1) is 12.4 Å². The van der Waals surface area contributed by atoms with Crippen molar-refractivity contribution < 1.29 is 9.59 Å². The topological polar surface area (TPSA) is 82.3 Å². The van der Waals surface area contributed by atoms with E-state index in [-0.39, 0.29) is 24.3 Å². The third-order valence-electron chi connectivity index (χ3n) is 4.53. The summed E-state index contributed by atoms with van der Waals surface area (Å²) in [7, 11) is 0. The van der Waals surface area contributed by atoms with Crippen LogP contribution < -0.4 is 21.3 Å². The maximum absolute atomic E-state index is 12.3. The van der Waals surface area contributed by atoms with Crippen LogP contribution in [-0.4, -0.2) is 37.6 Å². The number of hydrogen-bond acceptors (Lipinski definition) is 3. The number of amides is 3. The van der Waals surface area contributed by atoms with Crippen molar-refractivity contribution in [2.45, 2.75) is 38.1 Å². The van der Waals surface area contributed by atoms with Gasteiger partial charge in [-0.3, -0.25) is 4.79 Å². The summed E-state index contributed by atoms with van der Waals surface area (Å²) in [5.41, 5.74) is 1.21. The Morgan fingerprint density at radius 1 is 1.20 bits per heavy atom. The average molecular weight is 367 g/mol. The Balaban J connectivity index is 0.00000225. The molecule has 1 aromatic rings. The number of hydrogen-bond donors (Lipinski definition) is 4. The molecule has 25 heavy (non-hydrogen) atoms. The second-order valence-corrected chi connectivity index (χ2v) is 6.71. The first kappa shape index (κ1) is 19.5. The van der Waals surface area contributed by atoms with Gasteiger partial charge >= 0.3 is 6.03 Å². The molecule has 3 amide bonds. The first-order valence-corrected chi connectivity index (χ1v) is 8.87. The summed E-state index contributed by atoms with van der Waals surface area (Å²) >= 11 is 0. The van der Waals surface area contributed by atoms with Gasteiger partial charge in [-0.05, 0) is 69.3 Å². The zero-order valence-corrected chi connectivity index (χ0v) is 15.2. The monoisotopic (exact) mass is 366 g/mol. The maximum atomic E-state index is 12.3. The molecule has 1 saturated carbocycles. The van der Waals surface area contributed by atoms with Crippen LogP contribution in [0.3, 0.4) is 0 Å². The van der Waals surface area contributed by atoms with Crippen LogP contribution in [0.5, 0.6) is 0 Å². The molecule has 3 rings (SSSR count). The Kier molecular flexibility index (Phi) is 7.52. The van der Waals surface area contributed by atoms with Crippen molar-refractivity contribution in [1.29, 1.82) is 0 Å². The average Bonchev–Trinajstić information content (AvgIpc) is 3.40. The summed E-state index contributed by atoms with van der Waals surface area (Å²) < 4.78 is 0. The van der Waals surface area contributed by atoms with Gasteiger partial charge in [0.15, 0.2) is 0 Å². The summed E-state index contributed by atoms with van der Waals surface area (Å²) in [4.78, 5) is 24.0. The van der Waals surface area contributed by atoms with Gasteiger partial charge in [0, 0.05) is 23.8 Å². The molecule has 0 bridgehead atoms. The van der Waals surface area contributed by atoms with Crippen LogP contribution in [0.15, 0.2) is 24.3 Å². The van der Waals surface area contributed by atoms with Crippen molar-refractivity contribution in [1.82, 2.24) is 16.0 Å². The van der Waals surface area contributed by atoms with Crippen LogP contribution in [0.1, 0.15) is 42.5 Å². The molecule has 4 N–H and O–H groups in total. The van der Waals surface area contributed by atoms with Crippen molar-refractivity contribution >= 4 is 30.0 Å². The lowest BCUT2D eigenvalue weighted by Crippen LogP contribution is -2.33. The molecule has 6 nitrogen and oxygen atoms in total. The van der Waals surface area contributed by atoms with Crippen LogP contribution in [0.4, 0.5) is 10.5 Å². The van der Waals surface area contributed by atoms with Crippen molar-refractivity contribution in [2.24, 2.45) is 5.92 Å². The minimum atomic E-state index is -0.208. The molecule has 1 aliphatic carbocycles. The zero-order chi connectivity index (χ0) is 16.8. The van der Waals surface area contributed by atoms with Gasteiger partial charge in [0.2, 0.25) is 0 Å². The molecule has 0 radical (unpaired) electrons. The fourth-order valence-electron chi connectivity index (χ4n) is 2.98. The van der Waals surface area contributed by atoms with E-state index in [1.54, 1.807) is 24.3 Å². The highest BCUT2D eigenvalue weighted by molar-refractivity contribution is 5.96. The number of rotatable bonds is 6. The molecule has 1 saturated heterocycles. The predicted octanol–water partition coefficient (Wildman–Crippen LogP) is 2.51. The molecule has 2 aliphatic rings. The Bertz CT molecular complexity index is 586. The second kappa shape index (κ2) is 9.63. The van der Waals surface area contributed by atoms with Gasteiger partial charge in [-0.1, -0.05) is 6.07 Å². The molecule has 2 fully saturated rings. The van der Waals surface area contributed by atoms with Gasteiger partial charge in [-0.2, -0.15) is 0 Å². The van der Waals surface area contributed by atoms with Crippen molar-refractivity contribution in [3.8, 4) is 0 Å². The van der Waals surface area contributed by atoms with E-state index in [0.29, 0.717) is 29.8 Å². The van der Waals surface area contributed by atoms with E-state index in [1.807, 2.05) is 0 Å². The quantitative estimate of drug-likeness (QED) is 0.624. The fourth-order valence-corrected chi connectivity index (χ4v) is 2.98. The molecule has 1 unspecified atom stereocenters. The van der Waals surface area contributed by atoms with E-state index < -0.39 is 0 Å². The molecule has 7 heteroatoms. The maximum Gasteiger partial charge on any atom is 0.319 e. The second-order valence-electron chi connectivity index (χ2n) is 6.71. The number of urea groups is 1. The lowest BCUT2D eigenvalue weighted by atomic mass is 9.96. The molecular weight excluding hydrogens is 340 g/mol. The summed E-state index contributed by atoms with van der Waals surface area (Å²) in [6, 6.07) is 7.15. The first-order valence-electron chi connectivity index (χ1n) is 8.87. The molecule has 138 valence electrons. The molecule has 1 atom stereocenters. The molecular formula is C18H27ClN4O2. The van der Waals surface area contributed by atoms with Gasteiger partial charge in [0.25, 0.3) is 5.91 Å². The van der Waals surface area contributed by atoms with Crippen LogP contribution in [0.2, 0.25) is 0 Å². The van der Waals surface area contributed by atoms with Crippen LogP contribution in [0, 0.1) is 5.92 Å². The van der Waals surface area contributed by atoms with E-state index in [4.69, 9.17) is 0 Å². The molecule has 1 aliphatic heterocycles. The third-order valence-corrected chi connectivity index (χ3v) is 4.53. The van der Waals surface area contributed by atoms with E-state index in [1.165, 1.54) is 12.8 Å². The minimum Gasteiger partial charge on any atom is -0.352 e. The SMILES string of the molecule is Cl.O=C(Nc1cccc(C(=O)NCCC2CCCNC2)c1)NC1CC1. The number of nitrogens with one attached hydrogen (secondary N) is 4. The lowest BCUT2D eigenvalue weighted by Gasteiger charge is -2.22.